The second-order valence-corrected chi connectivity index (χ2v) is 7.76. The Kier molecular flexibility index (Phi) is 4.60. The van der Waals surface area contributed by atoms with Crippen LogP contribution >= 0.6 is 0 Å². The Labute approximate surface area is 173 Å². The molecule has 0 bridgehead atoms. The first-order valence-electron chi connectivity index (χ1n) is 10.0. The monoisotopic (exact) mass is 409 g/mol. The topological polar surface area (TPSA) is 106 Å². The molecule has 8 nitrogen and oxygen atoms in total. The van der Waals surface area contributed by atoms with Gasteiger partial charge in [0.1, 0.15) is 47.6 Å². The van der Waals surface area contributed by atoms with Crippen LogP contribution in [0, 0.1) is 6.92 Å². The molecule has 1 aromatic carbocycles. The second-order valence-electron chi connectivity index (χ2n) is 7.76. The molecule has 5 rings (SSSR count). The largest absolute Gasteiger partial charge is 0.491 e. The minimum Gasteiger partial charge on any atom is -0.491 e. The van der Waals surface area contributed by atoms with Gasteiger partial charge in [-0.05, 0) is 36.8 Å². The van der Waals surface area contributed by atoms with Crippen molar-refractivity contribution in [2.45, 2.75) is 37.7 Å². The van der Waals surface area contributed by atoms with E-state index in [9.17, 15) is 15.0 Å². The number of carbonyl (C=O) groups excluding carboxylic acids is 1. The number of pyridine rings is 1. The Morgan fingerprint density at radius 1 is 1.23 bits per heavy atom. The molecule has 1 saturated carbocycles. The average Bonchev–Trinajstić information content (AvgIpc) is 3.21. The van der Waals surface area contributed by atoms with Crippen LogP contribution in [0.25, 0.3) is 11.0 Å². The fraction of sp³-hybridized carbons (Fsp3) is 0.364. The first-order valence-corrected chi connectivity index (χ1v) is 10.0. The van der Waals surface area contributed by atoms with Crippen LogP contribution in [0.3, 0.4) is 0 Å². The Hall–Kier alpha value is -3.10. The van der Waals surface area contributed by atoms with Crippen LogP contribution in [-0.2, 0) is 0 Å². The summed E-state index contributed by atoms with van der Waals surface area (Å²) in [5, 5.41) is 25.2. The lowest BCUT2D eigenvalue weighted by molar-refractivity contribution is -0.0165. The number of rotatable bonds is 3. The van der Waals surface area contributed by atoms with Gasteiger partial charge in [-0.1, -0.05) is 6.07 Å². The maximum Gasteiger partial charge on any atom is 0.258 e. The van der Waals surface area contributed by atoms with Gasteiger partial charge in [0.15, 0.2) is 0 Å². The van der Waals surface area contributed by atoms with Gasteiger partial charge < -0.3 is 29.6 Å². The summed E-state index contributed by atoms with van der Waals surface area (Å²) in [7, 11) is 0. The Bertz CT molecular complexity index is 1110. The zero-order chi connectivity index (χ0) is 20.8. The van der Waals surface area contributed by atoms with Crippen molar-refractivity contribution in [2.24, 2.45) is 0 Å². The predicted molar refractivity (Wildman–Crippen MR) is 109 cm³/mol. The maximum atomic E-state index is 12.5. The fourth-order valence-corrected chi connectivity index (χ4v) is 4.35. The number of aryl methyl sites for hydroxylation is 1. The van der Waals surface area contributed by atoms with Crippen LogP contribution < -0.4 is 14.8 Å². The summed E-state index contributed by atoms with van der Waals surface area (Å²) in [6.07, 6.45) is 1.16. The summed E-state index contributed by atoms with van der Waals surface area (Å²) in [5.41, 5.74) is 2.16. The first kappa shape index (κ1) is 18.9. The molecular formula is C22H23N3O5. The van der Waals surface area contributed by atoms with Gasteiger partial charge in [-0.2, -0.15) is 0 Å². The smallest absolute Gasteiger partial charge is 0.258 e. The highest BCUT2D eigenvalue weighted by Crippen LogP contribution is 2.38. The van der Waals surface area contributed by atoms with Crippen molar-refractivity contribution in [1.29, 1.82) is 0 Å². The van der Waals surface area contributed by atoms with E-state index in [0.717, 1.165) is 16.6 Å². The number of aliphatic hydroxyl groups is 2. The third kappa shape index (κ3) is 3.00. The molecule has 1 aliphatic carbocycles. The zero-order valence-corrected chi connectivity index (χ0v) is 16.5. The third-order valence-electron chi connectivity index (χ3n) is 5.93. The molecule has 1 amide bonds. The minimum absolute atomic E-state index is 0.279. The van der Waals surface area contributed by atoms with Gasteiger partial charge in [-0.25, -0.2) is 4.98 Å². The minimum atomic E-state index is -1.11. The van der Waals surface area contributed by atoms with Gasteiger partial charge in [-0.15, -0.1) is 0 Å². The molecule has 0 unspecified atom stereocenters. The highest BCUT2D eigenvalue weighted by atomic mass is 16.5. The molecule has 2 aliphatic rings. The summed E-state index contributed by atoms with van der Waals surface area (Å²) in [4.78, 5) is 16.9. The molecule has 2 aromatic heterocycles. The van der Waals surface area contributed by atoms with Crippen LogP contribution in [-0.4, -0.2) is 57.1 Å². The summed E-state index contributed by atoms with van der Waals surface area (Å²) in [5.74, 6) is 0.497. The summed E-state index contributed by atoms with van der Waals surface area (Å²) >= 11 is 0. The molecule has 1 fully saturated rings. The first-order chi connectivity index (χ1) is 14.5. The molecular weight excluding hydrogens is 386 g/mol. The second kappa shape index (κ2) is 7.30. The number of fused-ring (bicyclic) bond motifs is 2. The molecule has 0 saturated heterocycles. The lowest BCUT2D eigenvalue weighted by Gasteiger charge is -2.20. The molecule has 0 spiro atoms. The van der Waals surface area contributed by atoms with E-state index in [0.29, 0.717) is 36.6 Å². The average molecular weight is 409 g/mol. The standard InChI is InChI=1S/C22H23N3O5/c1-12-5-7-23-21-13(12)6-9-25(21)14-11-17(20(27)19(14)26)30-16-4-2-3-15-18(16)22(28)24-8-10-29-15/h2-7,9,14,17,19-20,26-27H,8,10-11H2,1H3,(H,24,28)/t14-,17+,19+,20-/m1/s1. The van der Waals surface area contributed by atoms with E-state index in [1.165, 1.54) is 0 Å². The number of ether oxygens (including phenoxy) is 2. The zero-order valence-electron chi connectivity index (χ0n) is 16.5. The van der Waals surface area contributed by atoms with E-state index in [2.05, 4.69) is 10.3 Å². The Morgan fingerprint density at radius 2 is 2.10 bits per heavy atom. The number of hydrogen-bond donors (Lipinski definition) is 3. The number of aliphatic hydroxyl groups excluding tert-OH is 2. The van der Waals surface area contributed by atoms with Gasteiger partial charge in [0, 0.05) is 24.2 Å². The molecule has 4 atom stereocenters. The SMILES string of the molecule is Cc1ccnc2c1ccn2[C@@H]1C[C@H](Oc2cccc3c2C(=O)NCCO3)[C@@H](O)[C@H]1O. The van der Waals surface area contributed by atoms with Gasteiger partial charge in [0.2, 0.25) is 0 Å². The van der Waals surface area contributed by atoms with E-state index >= 15 is 0 Å². The maximum absolute atomic E-state index is 12.5. The number of carbonyl (C=O) groups is 1. The molecule has 3 aromatic rings. The number of hydrogen-bond acceptors (Lipinski definition) is 6. The van der Waals surface area contributed by atoms with Crippen LogP contribution in [0.15, 0.2) is 42.7 Å². The van der Waals surface area contributed by atoms with Crippen LogP contribution in [0.1, 0.15) is 28.4 Å². The van der Waals surface area contributed by atoms with Crippen molar-refractivity contribution in [3.8, 4) is 11.5 Å². The van der Waals surface area contributed by atoms with Crippen molar-refractivity contribution in [1.82, 2.24) is 14.9 Å². The van der Waals surface area contributed by atoms with Gasteiger partial charge in [0.05, 0.1) is 12.6 Å². The van der Waals surface area contributed by atoms with Gasteiger partial charge >= 0.3 is 0 Å². The molecule has 8 heteroatoms. The van der Waals surface area contributed by atoms with Crippen molar-refractivity contribution in [2.75, 3.05) is 13.2 Å². The van der Waals surface area contributed by atoms with E-state index in [-0.39, 0.29) is 5.91 Å². The summed E-state index contributed by atoms with van der Waals surface area (Å²) < 4.78 is 13.6. The van der Waals surface area contributed by atoms with E-state index < -0.39 is 24.4 Å². The molecule has 156 valence electrons. The highest BCUT2D eigenvalue weighted by molar-refractivity contribution is 6.00. The lowest BCUT2D eigenvalue weighted by Crippen LogP contribution is -2.34. The Morgan fingerprint density at radius 3 is 2.97 bits per heavy atom. The van der Waals surface area contributed by atoms with Crippen molar-refractivity contribution < 1.29 is 24.5 Å². The quantitative estimate of drug-likeness (QED) is 0.607. The molecule has 30 heavy (non-hydrogen) atoms. The predicted octanol–water partition coefficient (Wildman–Crippen LogP) is 1.58. The molecule has 3 N–H and O–H groups in total. The number of nitrogens with zero attached hydrogens (tertiary/aromatic N) is 2. The van der Waals surface area contributed by atoms with E-state index in [4.69, 9.17) is 9.47 Å². The number of aromatic nitrogens is 2. The fourth-order valence-electron chi connectivity index (χ4n) is 4.35. The summed E-state index contributed by atoms with van der Waals surface area (Å²) in [6.45, 7) is 2.80. The van der Waals surface area contributed by atoms with Crippen LogP contribution in [0.5, 0.6) is 11.5 Å². The molecule has 3 heterocycles. The lowest BCUT2D eigenvalue weighted by atomic mass is 10.1. The van der Waals surface area contributed by atoms with Crippen LogP contribution in [0.2, 0.25) is 0 Å². The van der Waals surface area contributed by atoms with Gasteiger partial charge in [0.25, 0.3) is 5.91 Å². The van der Waals surface area contributed by atoms with Crippen molar-refractivity contribution in [3.63, 3.8) is 0 Å². The molecule has 1 aliphatic heterocycles. The van der Waals surface area contributed by atoms with E-state index in [1.807, 2.05) is 29.8 Å². The number of nitrogens with one attached hydrogen (secondary N) is 1. The molecule has 0 radical (unpaired) electrons. The van der Waals surface area contributed by atoms with Crippen LogP contribution in [0.4, 0.5) is 0 Å². The van der Waals surface area contributed by atoms with Crippen molar-refractivity contribution >= 4 is 16.9 Å². The highest BCUT2D eigenvalue weighted by Gasteiger charge is 2.45. The normalized spacial score (nSPS) is 26.0. The van der Waals surface area contributed by atoms with Crippen molar-refractivity contribution in [3.05, 3.63) is 53.9 Å². The Balaban J connectivity index is 1.45. The number of amides is 1. The number of benzene rings is 1. The van der Waals surface area contributed by atoms with E-state index in [1.54, 1.807) is 24.4 Å². The summed E-state index contributed by atoms with van der Waals surface area (Å²) in [6, 6.07) is 8.64. The van der Waals surface area contributed by atoms with Gasteiger partial charge in [-0.3, -0.25) is 4.79 Å². The third-order valence-corrected chi connectivity index (χ3v) is 5.93.